The molecule has 2 aromatic heterocycles. The van der Waals surface area contributed by atoms with Crippen molar-refractivity contribution in [3.63, 3.8) is 0 Å². The Morgan fingerprint density at radius 1 is 1.61 bits per heavy atom. The van der Waals surface area contributed by atoms with Gasteiger partial charge in [-0.1, -0.05) is 13.0 Å². The molecule has 18 heavy (non-hydrogen) atoms. The molecule has 0 bridgehead atoms. The molecule has 2 heterocycles. The van der Waals surface area contributed by atoms with Crippen molar-refractivity contribution in [2.75, 3.05) is 0 Å². The number of aromatic nitrogens is 1. The maximum atomic E-state index is 11.8. The molecule has 1 unspecified atom stereocenters. The maximum Gasteiger partial charge on any atom is 0.242 e. The van der Waals surface area contributed by atoms with Crippen LogP contribution in [-0.4, -0.2) is 10.9 Å². The van der Waals surface area contributed by atoms with Crippen LogP contribution in [-0.2, 0) is 17.8 Å². The SMILES string of the molecule is CCc1cnc(CNC(=O)C(N)c2cccs2)s1. The molecule has 96 valence electrons. The summed E-state index contributed by atoms with van der Waals surface area (Å²) in [5.41, 5.74) is 5.86. The molecule has 0 radical (unpaired) electrons. The van der Waals surface area contributed by atoms with Crippen LogP contribution in [0, 0.1) is 0 Å². The predicted molar refractivity (Wildman–Crippen MR) is 74.6 cm³/mol. The number of hydrogen-bond donors (Lipinski definition) is 2. The van der Waals surface area contributed by atoms with E-state index in [1.54, 1.807) is 11.3 Å². The Hall–Kier alpha value is -1.24. The lowest BCUT2D eigenvalue weighted by atomic mass is 10.2. The fraction of sp³-hybridized carbons (Fsp3) is 0.333. The van der Waals surface area contributed by atoms with Crippen molar-refractivity contribution in [3.8, 4) is 0 Å². The van der Waals surface area contributed by atoms with E-state index in [0.29, 0.717) is 6.54 Å². The number of carbonyl (C=O) groups is 1. The van der Waals surface area contributed by atoms with E-state index in [2.05, 4.69) is 17.2 Å². The van der Waals surface area contributed by atoms with E-state index in [9.17, 15) is 4.79 Å². The third kappa shape index (κ3) is 3.16. The van der Waals surface area contributed by atoms with Crippen LogP contribution in [0.1, 0.15) is 27.7 Å². The maximum absolute atomic E-state index is 11.8. The zero-order valence-electron chi connectivity index (χ0n) is 10.1. The molecule has 0 saturated carbocycles. The zero-order valence-corrected chi connectivity index (χ0v) is 11.7. The molecule has 1 amide bonds. The minimum absolute atomic E-state index is 0.161. The number of nitrogens with zero attached hydrogens (tertiary/aromatic N) is 1. The summed E-state index contributed by atoms with van der Waals surface area (Å²) in [5.74, 6) is -0.161. The van der Waals surface area contributed by atoms with Gasteiger partial charge in [-0.15, -0.1) is 22.7 Å². The first kappa shape index (κ1) is 13.2. The molecule has 2 rings (SSSR count). The molecule has 0 aliphatic rings. The Kier molecular flexibility index (Phi) is 4.46. The number of amides is 1. The van der Waals surface area contributed by atoms with Crippen molar-refractivity contribution in [1.29, 1.82) is 0 Å². The van der Waals surface area contributed by atoms with E-state index in [-0.39, 0.29) is 5.91 Å². The van der Waals surface area contributed by atoms with E-state index < -0.39 is 6.04 Å². The third-order valence-electron chi connectivity index (χ3n) is 2.50. The van der Waals surface area contributed by atoms with Crippen LogP contribution in [0.4, 0.5) is 0 Å². The number of aryl methyl sites for hydroxylation is 1. The fourth-order valence-electron chi connectivity index (χ4n) is 1.46. The van der Waals surface area contributed by atoms with E-state index in [4.69, 9.17) is 5.73 Å². The molecule has 0 aliphatic carbocycles. The normalized spacial score (nSPS) is 12.3. The van der Waals surface area contributed by atoms with Gasteiger partial charge in [0.05, 0.1) is 6.54 Å². The van der Waals surface area contributed by atoms with Gasteiger partial charge in [-0.25, -0.2) is 4.98 Å². The number of rotatable bonds is 5. The van der Waals surface area contributed by atoms with Gasteiger partial charge in [0.25, 0.3) is 0 Å². The van der Waals surface area contributed by atoms with Crippen LogP contribution in [0.2, 0.25) is 0 Å². The highest BCUT2D eigenvalue weighted by Gasteiger charge is 2.16. The predicted octanol–water partition coefficient (Wildman–Crippen LogP) is 2.08. The Morgan fingerprint density at radius 2 is 2.44 bits per heavy atom. The molecular formula is C12H15N3OS2. The minimum atomic E-state index is -0.587. The van der Waals surface area contributed by atoms with Crippen molar-refractivity contribution >= 4 is 28.6 Å². The van der Waals surface area contributed by atoms with Crippen LogP contribution in [0.5, 0.6) is 0 Å². The quantitative estimate of drug-likeness (QED) is 0.881. The van der Waals surface area contributed by atoms with Crippen molar-refractivity contribution in [2.45, 2.75) is 25.9 Å². The first-order valence-corrected chi connectivity index (χ1v) is 7.40. The minimum Gasteiger partial charge on any atom is -0.348 e. The number of thiazole rings is 1. The van der Waals surface area contributed by atoms with E-state index in [1.165, 1.54) is 16.2 Å². The number of thiophene rings is 1. The van der Waals surface area contributed by atoms with Gasteiger partial charge in [0, 0.05) is 16.0 Å². The lowest BCUT2D eigenvalue weighted by molar-refractivity contribution is -0.122. The van der Waals surface area contributed by atoms with Gasteiger partial charge in [0.15, 0.2) is 0 Å². The van der Waals surface area contributed by atoms with Crippen molar-refractivity contribution in [1.82, 2.24) is 10.3 Å². The third-order valence-corrected chi connectivity index (χ3v) is 4.59. The molecule has 0 saturated heterocycles. The molecule has 1 atom stereocenters. The van der Waals surface area contributed by atoms with E-state index >= 15 is 0 Å². The van der Waals surface area contributed by atoms with Crippen LogP contribution >= 0.6 is 22.7 Å². The molecule has 0 spiro atoms. The second kappa shape index (κ2) is 6.08. The summed E-state index contributed by atoms with van der Waals surface area (Å²) in [7, 11) is 0. The van der Waals surface area contributed by atoms with Crippen molar-refractivity contribution < 1.29 is 4.79 Å². The van der Waals surface area contributed by atoms with Gasteiger partial charge in [0.2, 0.25) is 5.91 Å². The van der Waals surface area contributed by atoms with E-state index in [0.717, 1.165) is 16.3 Å². The second-order valence-electron chi connectivity index (χ2n) is 3.78. The Labute approximate surface area is 114 Å². The van der Waals surface area contributed by atoms with Gasteiger partial charge >= 0.3 is 0 Å². The molecule has 4 nitrogen and oxygen atoms in total. The van der Waals surface area contributed by atoms with Gasteiger partial charge in [-0.3, -0.25) is 4.79 Å². The molecule has 6 heteroatoms. The average Bonchev–Trinajstić information content (AvgIpc) is 3.05. The molecule has 2 aromatic rings. The summed E-state index contributed by atoms with van der Waals surface area (Å²) in [6.45, 7) is 2.53. The summed E-state index contributed by atoms with van der Waals surface area (Å²) in [6.07, 6.45) is 2.83. The summed E-state index contributed by atoms with van der Waals surface area (Å²) < 4.78 is 0. The number of carbonyl (C=O) groups excluding carboxylic acids is 1. The Balaban J connectivity index is 1.88. The molecule has 0 aromatic carbocycles. The molecule has 0 fully saturated rings. The Morgan fingerprint density at radius 3 is 3.06 bits per heavy atom. The molecule has 3 N–H and O–H groups in total. The fourth-order valence-corrected chi connectivity index (χ4v) is 2.99. The highest BCUT2D eigenvalue weighted by molar-refractivity contribution is 7.11. The standard InChI is InChI=1S/C12H15N3OS2/c1-2-8-6-14-10(18-8)7-15-12(16)11(13)9-4-3-5-17-9/h3-6,11H,2,7,13H2,1H3,(H,15,16). The van der Waals surface area contributed by atoms with Crippen molar-refractivity contribution in [3.05, 3.63) is 38.5 Å². The monoisotopic (exact) mass is 281 g/mol. The van der Waals surface area contributed by atoms with Crippen LogP contribution in [0.25, 0.3) is 0 Å². The number of hydrogen-bond acceptors (Lipinski definition) is 5. The van der Waals surface area contributed by atoms with Crippen LogP contribution in [0.15, 0.2) is 23.7 Å². The van der Waals surface area contributed by atoms with Crippen molar-refractivity contribution in [2.24, 2.45) is 5.73 Å². The van der Waals surface area contributed by atoms with Gasteiger partial charge in [-0.2, -0.15) is 0 Å². The lowest BCUT2D eigenvalue weighted by Gasteiger charge is -2.09. The Bertz CT molecular complexity index is 507. The molecular weight excluding hydrogens is 266 g/mol. The summed E-state index contributed by atoms with van der Waals surface area (Å²) in [5, 5.41) is 5.64. The highest BCUT2D eigenvalue weighted by Crippen LogP contribution is 2.17. The van der Waals surface area contributed by atoms with Crippen LogP contribution in [0.3, 0.4) is 0 Å². The largest absolute Gasteiger partial charge is 0.348 e. The summed E-state index contributed by atoms with van der Waals surface area (Å²) >= 11 is 3.11. The summed E-state index contributed by atoms with van der Waals surface area (Å²) in [4.78, 5) is 18.2. The summed E-state index contributed by atoms with van der Waals surface area (Å²) in [6, 6.07) is 3.17. The average molecular weight is 281 g/mol. The smallest absolute Gasteiger partial charge is 0.242 e. The first-order valence-electron chi connectivity index (χ1n) is 5.71. The van der Waals surface area contributed by atoms with Gasteiger partial charge in [0.1, 0.15) is 11.0 Å². The molecule has 0 aliphatic heterocycles. The second-order valence-corrected chi connectivity index (χ2v) is 5.96. The topological polar surface area (TPSA) is 68.0 Å². The number of nitrogens with two attached hydrogens (primary N) is 1. The lowest BCUT2D eigenvalue weighted by Crippen LogP contribution is -2.33. The number of nitrogens with one attached hydrogen (secondary N) is 1. The highest BCUT2D eigenvalue weighted by atomic mass is 32.1. The van der Waals surface area contributed by atoms with Gasteiger partial charge in [-0.05, 0) is 17.9 Å². The van der Waals surface area contributed by atoms with E-state index in [1.807, 2.05) is 23.7 Å². The van der Waals surface area contributed by atoms with Gasteiger partial charge < -0.3 is 11.1 Å². The zero-order chi connectivity index (χ0) is 13.0. The van der Waals surface area contributed by atoms with Crippen LogP contribution < -0.4 is 11.1 Å². The first-order chi connectivity index (χ1) is 8.70.